The summed E-state index contributed by atoms with van der Waals surface area (Å²) < 4.78 is 5.84. The maximum atomic E-state index is 6.19. The molecule has 0 atom stereocenters. The predicted octanol–water partition coefficient (Wildman–Crippen LogP) is 5.17. The molecule has 0 aliphatic heterocycles. The smallest absolute Gasteiger partial charge is 0.248 e. The van der Waals surface area contributed by atoms with Gasteiger partial charge in [-0.25, -0.2) is 4.98 Å². The van der Waals surface area contributed by atoms with Crippen LogP contribution in [0.3, 0.4) is 0 Å². The fourth-order valence-electron chi connectivity index (χ4n) is 2.31. The lowest BCUT2D eigenvalue weighted by molar-refractivity contribution is 0.464. The van der Waals surface area contributed by atoms with Gasteiger partial charge in [-0.05, 0) is 61.7 Å². The molecule has 0 aliphatic rings. The molecule has 0 spiro atoms. The summed E-state index contributed by atoms with van der Waals surface area (Å²) in [5.41, 5.74) is 10.7. The van der Waals surface area contributed by atoms with Crippen LogP contribution in [0.25, 0.3) is 0 Å². The molecule has 128 valence electrons. The fraction of sp³-hybridized carbons (Fsp3) is 0.158. The Morgan fingerprint density at radius 1 is 0.960 bits per heavy atom. The Balaban J connectivity index is 1.89. The van der Waals surface area contributed by atoms with Crippen LogP contribution in [0.2, 0.25) is 5.02 Å². The van der Waals surface area contributed by atoms with E-state index in [0.717, 1.165) is 16.8 Å². The highest BCUT2D eigenvalue weighted by molar-refractivity contribution is 6.30. The first-order chi connectivity index (χ1) is 11.9. The van der Waals surface area contributed by atoms with E-state index in [2.05, 4.69) is 15.3 Å². The van der Waals surface area contributed by atoms with Crippen LogP contribution < -0.4 is 15.8 Å². The first kappa shape index (κ1) is 17.0. The zero-order valence-corrected chi connectivity index (χ0v) is 15.1. The van der Waals surface area contributed by atoms with E-state index in [9.17, 15) is 0 Å². The zero-order valence-electron chi connectivity index (χ0n) is 14.3. The third kappa shape index (κ3) is 3.83. The van der Waals surface area contributed by atoms with Gasteiger partial charge in [-0.2, -0.15) is 4.98 Å². The molecule has 0 aliphatic carbocycles. The molecule has 0 unspecified atom stereocenters. The van der Waals surface area contributed by atoms with Crippen molar-refractivity contribution >= 4 is 28.8 Å². The van der Waals surface area contributed by atoms with Gasteiger partial charge in [0.25, 0.3) is 0 Å². The summed E-state index contributed by atoms with van der Waals surface area (Å²) >= 11 is 6.06. The number of ether oxygens (including phenoxy) is 1. The Bertz CT molecular complexity index is 927. The number of hydrogen-bond acceptors (Lipinski definition) is 5. The summed E-state index contributed by atoms with van der Waals surface area (Å²) in [5.74, 6) is 1.46. The van der Waals surface area contributed by atoms with E-state index in [4.69, 9.17) is 22.1 Å². The molecule has 1 aromatic heterocycles. The van der Waals surface area contributed by atoms with Gasteiger partial charge in [-0.1, -0.05) is 23.7 Å². The second-order valence-electron chi connectivity index (χ2n) is 5.87. The second kappa shape index (κ2) is 6.99. The van der Waals surface area contributed by atoms with E-state index in [1.807, 2.05) is 57.2 Å². The lowest BCUT2D eigenvalue weighted by atomic mass is 10.1. The Morgan fingerprint density at radius 3 is 2.48 bits per heavy atom. The van der Waals surface area contributed by atoms with Crippen molar-refractivity contribution in [3.63, 3.8) is 0 Å². The number of nitrogen functional groups attached to an aromatic ring is 1. The molecule has 5 nitrogen and oxygen atoms in total. The minimum Gasteiger partial charge on any atom is -0.437 e. The first-order valence-corrected chi connectivity index (χ1v) is 8.20. The molecule has 0 bridgehead atoms. The second-order valence-corrected chi connectivity index (χ2v) is 6.31. The van der Waals surface area contributed by atoms with E-state index in [-0.39, 0.29) is 0 Å². The maximum absolute atomic E-state index is 6.19. The van der Waals surface area contributed by atoms with Gasteiger partial charge in [0.2, 0.25) is 5.88 Å². The monoisotopic (exact) mass is 354 g/mol. The van der Waals surface area contributed by atoms with Crippen LogP contribution in [0.4, 0.5) is 17.2 Å². The Kier molecular flexibility index (Phi) is 4.76. The van der Waals surface area contributed by atoms with E-state index in [1.165, 1.54) is 11.9 Å². The summed E-state index contributed by atoms with van der Waals surface area (Å²) in [6.45, 7) is 6.05. The number of halogens is 1. The molecule has 0 saturated heterocycles. The number of aromatic nitrogens is 2. The average molecular weight is 355 g/mol. The summed E-state index contributed by atoms with van der Waals surface area (Å²) in [5, 5.41) is 3.82. The van der Waals surface area contributed by atoms with Gasteiger partial charge in [0.15, 0.2) is 5.82 Å². The van der Waals surface area contributed by atoms with Crippen LogP contribution in [0.15, 0.2) is 42.7 Å². The third-order valence-electron chi connectivity index (χ3n) is 3.99. The standard InChI is InChI=1S/C19H19ClN4O/c1-11-5-7-15(8-13(11)3)25-19-17(21)18(22-10-23-19)24-16-9-14(20)6-4-12(16)2/h4-10H,21H2,1-3H3,(H,22,23,24). The largest absolute Gasteiger partial charge is 0.437 e. The van der Waals surface area contributed by atoms with Gasteiger partial charge in [0.05, 0.1) is 0 Å². The highest BCUT2D eigenvalue weighted by Crippen LogP contribution is 2.32. The van der Waals surface area contributed by atoms with E-state index < -0.39 is 0 Å². The molecule has 6 heteroatoms. The van der Waals surface area contributed by atoms with Gasteiger partial charge in [-0.15, -0.1) is 0 Å². The average Bonchev–Trinajstić information content (AvgIpc) is 2.58. The number of nitrogens with two attached hydrogens (primary N) is 1. The van der Waals surface area contributed by atoms with E-state index in [1.54, 1.807) is 0 Å². The van der Waals surface area contributed by atoms with E-state index in [0.29, 0.717) is 28.2 Å². The molecule has 3 rings (SSSR count). The topological polar surface area (TPSA) is 73.1 Å². The molecule has 3 N–H and O–H groups in total. The van der Waals surface area contributed by atoms with Gasteiger partial charge in [0, 0.05) is 10.7 Å². The number of benzene rings is 2. The predicted molar refractivity (Wildman–Crippen MR) is 102 cm³/mol. The summed E-state index contributed by atoms with van der Waals surface area (Å²) in [4.78, 5) is 8.35. The minimum absolute atomic E-state index is 0.306. The van der Waals surface area contributed by atoms with Gasteiger partial charge >= 0.3 is 0 Å². The summed E-state index contributed by atoms with van der Waals surface area (Å²) in [7, 11) is 0. The number of aryl methyl sites for hydroxylation is 3. The van der Waals surface area contributed by atoms with E-state index >= 15 is 0 Å². The van der Waals surface area contributed by atoms with Crippen molar-refractivity contribution in [1.82, 2.24) is 9.97 Å². The molecule has 0 fully saturated rings. The SMILES string of the molecule is Cc1ccc(Oc2ncnc(Nc3cc(Cl)ccc3C)c2N)cc1C. The number of anilines is 3. The lowest BCUT2D eigenvalue weighted by Crippen LogP contribution is -2.04. The van der Waals surface area contributed by atoms with Crippen molar-refractivity contribution < 1.29 is 4.74 Å². The van der Waals surface area contributed by atoms with Crippen molar-refractivity contribution in [3.05, 3.63) is 64.4 Å². The van der Waals surface area contributed by atoms with Crippen molar-refractivity contribution in [3.8, 4) is 11.6 Å². The zero-order chi connectivity index (χ0) is 18.0. The first-order valence-electron chi connectivity index (χ1n) is 7.83. The Morgan fingerprint density at radius 2 is 1.72 bits per heavy atom. The minimum atomic E-state index is 0.306. The molecule has 3 aromatic rings. The number of rotatable bonds is 4. The highest BCUT2D eigenvalue weighted by atomic mass is 35.5. The van der Waals surface area contributed by atoms with Crippen molar-refractivity contribution in [2.45, 2.75) is 20.8 Å². The van der Waals surface area contributed by atoms with Gasteiger partial charge in [0.1, 0.15) is 17.8 Å². The molecule has 0 amide bonds. The Labute approximate surface area is 151 Å². The quantitative estimate of drug-likeness (QED) is 0.675. The van der Waals surface area contributed by atoms with Gasteiger partial charge in [-0.3, -0.25) is 0 Å². The molecule has 25 heavy (non-hydrogen) atoms. The summed E-state index contributed by atoms with van der Waals surface area (Å²) in [6.07, 6.45) is 1.41. The maximum Gasteiger partial charge on any atom is 0.248 e. The van der Waals surface area contributed by atoms with Gasteiger partial charge < -0.3 is 15.8 Å². The fourth-order valence-corrected chi connectivity index (χ4v) is 2.48. The van der Waals surface area contributed by atoms with Crippen LogP contribution in [-0.2, 0) is 0 Å². The molecular formula is C19H19ClN4O. The van der Waals surface area contributed by atoms with Crippen LogP contribution in [0.1, 0.15) is 16.7 Å². The van der Waals surface area contributed by atoms with Crippen LogP contribution in [0.5, 0.6) is 11.6 Å². The molecule has 0 saturated carbocycles. The van der Waals surface area contributed by atoms with Crippen molar-refractivity contribution in [2.24, 2.45) is 0 Å². The van der Waals surface area contributed by atoms with Crippen molar-refractivity contribution in [2.75, 3.05) is 11.1 Å². The third-order valence-corrected chi connectivity index (χ3v) is 4.23. The van der Waals surface area contributed by atoms with Crippen LogP contribution in [0, 0.1) is 20.8 Å². The number of hydrogen-bond donors (Lipinski definition) is 2. The normalized spacial score (nSPS) is 10.6. The molecular weight excluding hydrogens is 336 g/mol. The lowest BCUT2D eigenvalue weighted by Gasteiger charge is -2.14. The number of nitrogens with zero attached hydrogens (tertiary/aromatic N) is 2. The summed E-state index contributed by atoms with van der Waals surface area (Å²) in [6, 6.07) is 11.4. The molecule has 2 aromatic carbocycles. The van der Waals surface area contributed by atoms with Crippen LogP contribution >= 0.6 is 11.6 Å². The molecule has 0 radical (unpaired) electrons. The Hall–Kier alpha value is -2.79. The number of nitrogens with one attached hydrogen (secondary N) is 1. The molecule has 1 heterocycles. The highest BCUT2D eigenvalue weighted by Gasteiger charge is 2.12. The van der Waals surface area contributed by atoms with Crippen LogP contribution in [-0.4, -0.2) is 9.97 Å². The van der Waals surface area contributed by atoms with Crippen molar-refractivity contribution in [1.29, 1.82) is 0 Å².